The number of hydrogen-bond acceptors (Lipinski definition) is 4. The van der Waals surface area contributed by atoms with Crippen LogP contribution in [0.3, 0.4) is 0 Å². The van der Waals surface area contributed by atoms with Crippen molar-refractivity contribution in [2.45, 2.75) is 57.1 Å². The SMILES string of the molecule is CC(c1nnc(S(=O)(=O)Cl)n1C(C)(C)C)C1CC1. The molecule has 1 unspecified atom stereocenters. The van der Waals surface area contributed by atoms with E-state index in [4.69, 9.17) is 10.7 Å². The molecular weight excluding hydrogens is 274 g/mol. The molecule has 0 saturated heterocycles. The highest BCUT2D eigenvalue weighted by atomic mass is 35.7. The Morgan fingerprint density at radius 1 is 1.33 bits per heavy atom. The van der Waals surface area contributed by atoms with Gasteiger partial charge in [0.2, 0.25) is 0 Å². The number of hydrogen-bond donors (Lipinski definition) is 0. The molecule has 1 aliphatic rings. The third-order valence-electron chi connectivity index (χ3n) is 3.28. The maximum atomic E-state index is 11.6. The Morgan fingerprint density at radius 3 is 2.28 bits per heavy atom. The Balaban J connectivity index is 2.58. The Bertz CT molecular complexity index is 555. The van der Waals surface area contributed by atoms with Crippen LogP contribution < -0.4 is 0 Å². The molecule has 1 heterocycles. The molecule has 7 heteroatoms. The summed E-state index contributed by atoms with van der Waals surface area (Å²) in [6.45, 7) is 7.83. The monoisotopic (exact) mass is 291 g/mol. The molecule has 1 aromatic rings. The van der Waals surface area contributed by atoms with E-state index in [0.717, 1.165) is 0 Å². The van der Waals surface area contributed by atoms with Gasteiger partial charge in [-0.2, -0.15) is 0 Å². The van der Waals surface area contributed by atoms with Gasteiger partial charge in [-0.25, -0.2) is 8.42 Å². The van der Waals surface area contributed by atoms with E-state index in [2.05, 4.69) is 17.1 Å². The summed E-state index contributed by atoms with van der Waals surface area (Å²) in [6, 6.07) is 0. The topological polar surface area (TPSA) is 64.8 Å². The zero-order valence-electron chi connectivity index (χ0n) is 11.0. The summed E-state index contributed by atoms with van der Waals surface area (Å²) < 4.78 is 24.8. The molecule has 0 N–H and O–H groups in total. The van der Waals surface area contributed by atoms with Crippen LogP contribution >= 0.6 is 10.7 Å². The molecule has 0 radical (unpaired) electrons. The largest absolute Gasteiger partial charge is 0.296 e. The van der Waals surface area contributed by atoms with Crippen molar-refractivity contribution in [2.24, 2.45) is 5.92 Å². The minimum atomic E-state index is -3.87. The number of halogens is 1. The normalized spacial score (nSPS) is 18.9. The minimum Gasteiger partial charge on any atom is -0.295 e. The van der Waals surface area contributed by atoms with E-state index in [9.17, 15) is 8.42 Å². The lowest BCUT2D eigenvalue weighted by molar-refractivity contribution is 0.340. The number of aromatic nitrogens is 3. The maximum absolute atomic E-state index is 11.6. The Labute approximate surface area is 112 Å². The molecule has 0 aliphatic heterocycles. The predicted molar refractivity (Wildman–Crippen MR) is 69.2 cm³/mol. The summed E-state index contributed by atoms with van der Waals surface area (Å²) >= 11 is 0. The van der Waals surface area contributed by atoms with Crippen LogP contribution in [0, 0.1) is 5.92 Å². The van der Waals surface area contributed by atoms with Crippen LogP contribution in [0.1, 0.15) is 52.3 Å². The molecule has 1 saturated carbocycles. The highest BCUT2D eigenvalue weighted by Gasteiger charge is 2.37. The van der Waals surface area contributed by atoms with E-state index in [1.165, 1.54) is 12.8 Å². The fourth-order valence-electron chi connectivity index (χ4n) is 2.17. The first-order chi connectivity index (χ1) is 8.12. The molecule has 0 amide bonds. The van der Waals surface area contributed by atoms with Crippen molar-refractivity contribution in [3.05, 3.63) is 5.82 Å². The third-order valence-corrected chi connectivity index (χ3v) is 4.40. The zero-order chi connectivity index (χ0) is 13.7. The van der Waals surface area contributed by atoms with Gasteiger partial charge in [-0.05, 0) is 39.5 Å². The van der Waals surface area contributed by atoms with Gasteiger partial charge in [-0.3, -0.25) is 4.57 Å². The lowest BCUT2D eigenvalue weighted by Crippen LogP contribution is -2.28. The van der Waals surface area contributed by atoms with E-state index < -0.39 is 14.6 Å². The van der Waals surface area contributed by atoms with Crippen LogP contribution in [0.4, 0.5) is 0 Å². The van der Waals surface area contributed by atoms with E-state index in [0.29, 0.717) is 11.7 Å². The average Bonchev–Trinajstić information content (AvgIpc) is 2.90. The van der Waals surface area contributed by atoms with Crippen LogP contribution in [-0.4, -0.2) is 23.2 Å². The van der Waals surface area contributed by atoms with Crippen molar-refractivity contribution in [3.8, 4) is 0 Å². The van der Waals surface area contributed by atoms with Crippen molar-refractivity contribution >= 4 is 19.7 Å². The Kier molecular flexibility index (Phi) is 3.22. The first-order valence-electron chi connectivity index (χ1n) is 6.03. The summed E-state index contributed by atoms with van der Waals surface area (Å²) in [4.78, 5) is 0. The van der Waals surface area contributed by atoms with Crippen molar-refractivity contribution in [1.29, 1.82) is 0 Å². The Morgan fingerprint density at radius 2 is 1.89 bits per heavy atom. The summed E-state index contributed by atoms with van der Waals surface area (Å²) in [5.74, 6) is 1.51. The molecule has 102 valence electrons. The molecule has 0 spiro atoms. The van der Waals surface area contributed by atoms with E-state index in [-0.39, 0.29) is 11.1 Å². The lowest BCUT2D eigenvalue weighted by Gasteiger charge is -2.26. The second kappa shape index (κ2) is 4.20. The summed E-state index contributed by atoms with van der Waals surface area (Å²) in [7, 11) is 1.56. The van der Waals surface area contributed by atoms with Crippen LogP contribution in [0.15, 0.2) is 5.16 Å². The lowest BCUT2D eigenvalue weighted by atomic mass is 10.0. The zero-order valence-corrected chi connectivity index (χ0v) is 12.6. The first-order valence-corrected chi connectivity index (χ1v) is 8.33. The predicted octanol–water partition coefficient (Wildman–Crippen LogP) is 2.47. The van der Waals surface area contributed by atoms with Crippen LogP contribution in [0.5, 0.6) is 0 Å². The Hall–Kier alpha value is -0.620. The van der Waals surface area contributed by atoms with Gasteiger partial charge >= 0.3 is 0 Å². The molecule has 1 aliphatic carbocycles. The van der Waals surface area contributed by atoms with Crippen LogP contribution in [-0.2, 0) is 14.6 Å². The van der Waals surface area contributed by atoms with Gasteiger partial charge in [0.1, 0.15) is 5.82 Å². The van der Waals surface area contributed by atoms with Crippen molar-refractivity contribution in [2.75, 3.05) is 0 Å². The molecular formula is C11H18ClN3O2S. The average molecular weight is 292 g/mol. The second-order valence-corrected chi connectivity index (χ2v) is 8.37. The smallest absolute Gasteiger partial charge is 0.295 e. The summed E-state index contributed by atoms with van der Waals surface area (Å²) in [6.07, 6.45) is 2.34. The molecule has 1 atom stereocenters. The summed E-state index contributed by atoms with van der Waals surface area (Å²) in [5.41, 5.74) is -0.417. The van der Waals surface area contributed by atoms with Gasteiger partial charge in [0.15, 0.2) is 0 Å². The maximum Gasteiger partial charge on any atom is 0.296 e. The van der Waals surface area contributed by atoms with Gasteiger partial charge in [0.05, 0.1) is 0 Å². The van der Waals surface area contributed by atoms with E-state index in [1.54, 1.807) is 4.57 Å². The second-order valence-electron chi connectivity index (χ2n) is 5.91. The number of nitrogens with zero attached hydrogens (tertiary/aromatic N) is 3. The first kappa shape index (κ1) is 13.8. The minimum absolute atomic E-state index is 0.154. The molecule has 5 nitrogen and oxygen atoms in total. The van der Waals surface area contributed by atoms with Gasteiger partial charge in [0, 0.05) is 22.1 Å². The molecule has 0 aromatic carbocycles. The van der Waals surface area contributed by atoms with Crippen molar-refractivity contribution in [3.63, 3.8) is 0 Å². The number of rotatable bonds is 3. The third kappa shape index (κ3) is 2.54. The van der Waals surface area contributed by atoms with Crippen molar-refractivity contribution in [1.82, 2.24) is 14.8 Å². The molecule has 18 heavy (non-hydrogen) atoms. The summed E-state index contributed by atoms with van der Waals surface area (Å²) in [5, 5.41) is 7.68. The van der Waals surface area contributed by atoms with Gasteiger partial charge in [-0.1, -0.05) is 6.92 Å². The fourth-order valence-corrected chi connectivity index (χ4v) is 3.19. The van der Waals surface area contributed by atoms with Crippen LogP contribution in [0.2, 0.25) is 0 Å². The molecule has 1 aromatic heterocycles. The fraction of sp³-hybridized carbons (Fsp3) is 0.818. The van der Waals surface area contributed by atoms with Gasteiger partial charge < -0.3 is 0 Å². The quantitative estimate of drug-likeness (QED) is 0.803. The van der Waals surface area contributed by atoms with Gasteiger partial charge in [0.25, 0.3) is 14.2 Å². The molecule has 1 fully saturated rings. The standard InChI is InChI=1S/C11H18ClN3O2S/c1-7(8-5-6-8)9-13-14-10(18(12,16)17)15(9)11(2,3)4/h7-8H,5-6H2,1-4H3. The van der Waals surface area contributed by atoms with Crippen LogP contribution in [0.25, 0.3) is 0 Å². The van der Waals surface area contributed by atoms with E-state index >= 15 is 0 Å². The molecule has 2 rings (SSSR count). The van der Waals surface area contributed by atoms with E-state index in [1.807, 2.05) is 20.8 Å². The highest BCUT2D eigenvalue weighted by Crippen LogP contribution is 2.43. The van der Waals surface area contributed by atoms with Gasteiger partial charge in [-0.15, -0.1) is 10.2 Å². The molecule has 0 bridgehead atoms. The highest BCUT2D eigenvalue weighted by molar-refractivity contribution is 8.13. The van der Waals surface area contributed by atoms with Crippen molar-refractivity contribution < 1.29 is 8.42 Å².